The van der Waals surface area contributed by atoms with Crippen LogP contribution in [0.25, 0.3) is 11.1 Å². The van der Waals surface area contributed by atoms with Gasteiger partial charge < -0.3 is 9.47 Å². The summed E-state index contributed by atoms with van der Waals surface area (Å²) >= 11 is 6.08. The Morgan fingerprint density at radius 1 is 1.15 bits per heavy atom. The van der Waals surface area contributed by atoms with E-state index in [0.29, 0.717) is 35.5 Å². The van der Waals surface area contributed by atoms with Crippen LogP contribution in [0.4, 0.5) is 4.39 Å². The number of aryl methyl sites for hydroxylation is 1. The molecule has 1 unspecified atom stereocenters. The van der Waals surface area contributed by atoms with Crippen LogP contribution in [-0.2, 0) is 11.3 Å². The number of halogens is 2. The van der Waals surface area contributed by atoms with Crippen molar-refractivity contribution in [3.8, 4) is 28.7 Å². The lowest BCUT2D eigenvalue weighted by molar-refractivity contribution is -0.0427. The smallest absolute Gasteiger partial charge is 0.296 e. The minimum Gasteiger partial charge on any atom is -0.450 e. The maximum Gasteiger partial charge on any atom is 0.296 e. The Morgan fingerprint density at radius 3 is 2.67 bits per heavy atom. The minimum absolute atomic E-state index is 0.0251. The van der Waals surface area contributed by atoms with Crippen molar-refractivity contribution < 1.29 is 13.9 Å². The molecule has 0 N–H and O–H groups in total. The number of rotatable bonds is 6. The molecule has 0 aliphatic carbocycles. The second-order valence-corrected chi connectivity index (χ2v) is 9.55. The molecular weight excluding hydrogens is 525 g/mol. The van der Waals surface area contributed by atoms with Gasteiger partial charge in [-0.25, -0.2) is 9.37 Å². The summed E-state index contributed by atoms with van der Waals surface area (Å²) in [5.41, 5.74) is 0.988. The average Bonchev–Trinajstić information content (AvgIpc) is 2.94. The molecule has 1 saturated heterocycles. The van der Waals surface area contributed by atoms with Crippen molar-refractivity contribution in [1.82, 2.24) is 19.3 Å². The molecule has 198 valence electrons. The van der Waals surface area contributed by atoms with Crippen molar-refractivity contribution in [1.29, 1.82) is 5.26 Å². The molecule has 1 atom stereocenters. The molecule has 1 aliphatic rings. The molecule has 3 heterocycles. The van der Waals surface area contributed by atoms with Gasteiger partial charge in [-0.05, 0) is 68.1 Å². The van der Waals surface area contributed by atoms with Gasteiger partial charge in [0, 0.05) is 11.6 Å². The summed E-state index contributed by atoms with van der Waals surface area (Å²) in [7, 11) is 0. The summed E-state index contributed by atoms with van der Waals surface area (Å²) in [6, 6.07) is 13.6. The maximum atomic E-state index is 13.6. The van der Waals surface area contributed by atoms with Gasteiger partial charge in [-0.2, -0.15) is 15.0 Å². The maximum absolute atomic E-state index is 13.6. The van der Waals surface area contributed by atoms with Crippen LogP contribution >= 0.6 is 11.6 Å². The molecule has 0 saturated carbocycles. The van der Waals surface area contributed by atoms with E-state index in [1.54, 1.807) is 13.0 Å². The molecule has 0 radical (unpaired) electrons. The second-order valence-electron chi connectivity index (χ2n) is 9.11. The van der Waals surface area contributed by atoms with Crippen LogP contribution in [0.3, 0.4) is 0 Å². The van der Waals surface area contributed by atoms with Gasteiger partial charge in [0.25, 0.3) is 11.1 Å². The highest BCUT2D eigenvalue weighted by Crippen LogP contribution is 2.26. The normalized spacial score (nSPS) is 15.1. The summed E-state index contributed by atoms with van der Waals surface area (Å²) in [5, 5.41) is 14.0. The molecule has 2 aromatic carbocycles. The van der Waals surface area contributed by atoms with Gasteiger partial charge in [0.15, 0.2) is 6.23 Å². The third-order valence-electron chi connectivity index (χ3n) is 6.30. The second kappa shape index (κ2) is 11.2. The van der Waals surface area contributed by atoms with Crippen LogP contribution in [0, 0.1) is 24.1 Å². The van der Waals surface area contributed by atoms with E-state index in [9.17, 15) is 19.2 Å². The minimum atomic E-state index is -0.547. The summed E-state index contributed by atoms with van der Waals surface area (Å²) in [6.45, 7) is 2.11. The van der Waals surface area contributed by atoms with E-state index >= 15 is 0 Å². The van der Waals surface area contributed by atoms with Gasteiger partial charge in [0.2, 0.25) is 5.75 Å². The van der Waals surface area contributed by atoms with Gasteiger partial charge in [-0.1, -0.05) is 23.7 Å². The fourth-order valence-electron chi connectivity index (χ4n) is 4.35. The first kappa shape index (κ1) is 26.3. The lowest BCUT2D eigenvalue weighted by Crippen LogP contribution is -2.33. The predicted octanol–water partition coefficient (Wildman–Crippen LogP) is 4.98. The van der Waals surface area contributed by atoms with E-state index in [-0.39, 0.29) is 34.2 Å². The van der Waals surface area contributed by atoms with E-state index in [2.05, 4.69) is 10.1 Å². The Labute approximate surface area is 227 Å². The fourth-order valence-corrected chi connectivity index (χ4v) is 4.58. The number of aromatic nitrogens is 4. The lowest BCUT2D eigenvalue weighted by atomic mass is 10.1. The molecule has 0 amide bonds. The summed E-state index contributed by atoms with van der Waals surface area (Å²) in [6.07, 6.45) is 3.22. The van der Waals surface area contributed by atoms with E-state index in [0.717, 1.165) is 12.8 Å². The molecule has 0 spiro atoms. The highest BCUT2D eigenvalue weighted by molar-refractivity contribution is 6.30. The van der Waals surface area contributed by atoms with Gasteiger partial charge in [0.05, 0.1) is 41.5 Å². The first-order chi connectivity index (χ1) is 18.8. The monoisotopic (exact) mass is 547 g/mol. The largest absolute Gasteiger partial charge is 0.450 e. The SMILES string of the molecule is Cc1ncn(Cc2cc(-c3ccc(F)cc3)c(=O)n(C3CCCCO3)n2)c(=O)c1Oc1cc(Cl)cc(C#N)c1. The van der Waals surface area contributed by atoms with Crippen molar-refractivity contribution in [2.24, 2.45) is 0 Å². The Kier molecular flexibility index (Phi) is 7.54. The van der Waals surface area contributed by atoms with Crippen LogP contribution in [0.15, 0.2) is 64.4 Å². The first-order valence-corrected chi connectivity index (χ1v) is 12.6. The fraction of sp³-hybridized carbons (Fsp3) is 0.250. The quantitative estimate of drug-likeness (QED) is 0.334. The van der Waals surface area contributed by atoms with Gasteiger partial charge in [-0.15, -0.1) is 0 Å². The molecule has 2 aromatic heterocycles. The van der Waals surface area contributed by atoms with Gasteiger partial charge in [0.1, 0.15) is 11.6 Å². The number of ether oxygens (including phenoxy) is 2. The lowest BCUT2D eigenvalue weighted by Gasteiger charge is -2.24. The van der Waals surface area contributed by atoms with Crippen molar-refractivity contribution in [3.05, 3.63) is 103 Å². The van der Waals surface area contributed by atoms with Crippen LogP contribution in [-0.4, -0.2) is 25.9 Å². The molecule has 5 rings (SSSR count). The van der Waals surface area contributed by atoms with E-state index in [1.807, 2.05) is 6.07 Å². The van der Waals surface area contributed by atoms with Crippen LogP contribution < -0.4 is 15.9 Å². The van der Waals surface area contributed by atoms with E-state index in [1.165, 1.54) is 58.0 Å². The molecular formula is C28H23ClFN5O4. The Morgan fingerprint density at radius 2 is 1.95 bits per heavy atom. The van der Waals surface area contributed by atoms with Crippen LogP contribution in [0.2, 0.25) is 5.02 Å². The number of hydrogen-bond acceptors (Lipinski definition) is 7. The Bertz CT molecular complexity index is 1690. The Hall–Kier alpha value is -4.33. The average molecular weight is 548 g/mol. The number of hydrogen-bond donors (Lipinski definition) is 0. The molecule has 9 nitrogen and oxygen atoms in total. The summed E-state index contributed by atoms with van der Waals surface area (Å²) in [5.74, 6) is -0.236. The number of benzene rings is 2. The van der Waals surface area contributed by atoms with Crippen molar-refractivity contribution in [2.75, 3.05) is 6.61 Å². The molecule has 11 heteroatoms. The first-order valence-electron chi connectivity index (χ1n) is 12.3. The summed E-state index contributed by atoms with van der Waals surface area (Å²) < 4.78 is 27.8. The molecule has 4 aromatic rings. The molecule has 0 bridgehead atoms. The number of nitriles is 1. The van der Waals surface area contributed by atoms with Crippen LogP contribution in [0.5, 0.6) is 11.5 Å². The zero-order valence-electron chi connectivity index (χ0n) is 20.9. The van der Waals surface area contributed by atoms with E-state index < -0.39 is 17.6 Å². The number of nitrogens with zero attached hydrogens (tertiary/aromatic N) is 5. The van der Waals surface area contributed by atoms with Crippen molar-refractivity contribution in [3.63, 3.8) is 0 Å². The molecule has 1 aliphatic heterocycles. The molecule has 1 fully saturated rings. The standard InChI is InChI=1S/C28H23ClFN5O4/c1-17-26(39-23-11-18(14-31)10-20(29)12-23)28(37)34(16-32-17)15-22-13-24(19-5-7-21(30)8-6-19)27(36)35(33-22)25-4-2-3-9-38-25/h5-8,10-13,16,25H,2-4,9,15H2,1H3. The van der Waals surface area contributed by atoms with E-state index in [4.69, 9.17) is 21.1 Å². The zero-order valence-corrected chi connectivity index (χ0v) is 21.7. The van der Waals surface area contributed by atoms with Crippen molar-refractivity contribution in [2.45, 2.75) is 39.0 Å². The zero-order chi connectivity index (χ0) is 27.5. The van der Waals surface area contributed by atoms with Gasteiger partial charge in [-0.3, -0.25) is 14.2 Å². The topological polar surface area (TPSA) is 112 Å². The third-order valence-corrected chi connectivity index (χ3v) is 6.51. The van der Waals surface area contributed by atoms with Gasteiger partial charge >= 0.3 is 0 Å². The Balaban J connectivity index is 1.55. The predicted molar refractivity (Wildman–Crippen MR) is 141 cm³/mol. The highest BCUT2D eigenvalue weighted by atomic mass is 35.5. The van der Waals surface area contributed by atoms with Crippen LogP contribution in [0.1, 0.15) is 42.4 Å². The summed E-state index contributed by atoms with van der Waals surface area (Å²) in [4.78, 5) is 31.1. The van der Waals surface area contributed by atoms with Crippen molar-refractivity contribution >= 4 is 11.6 Å². The third kappa shape index (κ3) is 5.74. The molecule has 39 heavy (non-hydrogen) atoms. The highest BCUT2D eigenvalue weighted by Gasteiger charge is 2.22.